The Morgan fingerprint density at radius 3 is 2.32 bits per heavy atom. The van der Waals surface area contributed by atoms with E-state index < -0.39 is 23.8 Å². The molecular formula is C15H27N3O4. The van der Waals surface area contributed by atoms with E-state index in [4.69, 9.17) is 9.26 Å². The summed E-state index contributed by atoms with van der Waals surface area (Å²) < 4.78 is 10.4. The smallest absolute Gasteiger partial charge is 0.407 e. The lowest BCUT2D eigenvalue weighted by atomic mass is 9.97. The second-order valence-electron chi connectivity index (χ2n) is 7.31. The zero-order chi connectivity index (χ0) is 17.1. The van der Waals surface area contributed by atoms with Crippen LogP contribution in [0.2, 0.25) is 0 Å². The number of nitrogens with one attached hydrogen (secondary N) is 1. The molecule has 0 aliphatic carbocycles. The molecule has 126 valence electrons. The first kappa shape index (κ1) is 18.4. The molecule has 0 unspecified atom stereocenters. The van der Waals surface area contributed by atoms with Gasteiger partial charge in [-0.05, 0) is 27.2 Å². The van der Waals surface area contributed by atoms with Gasteiger partial charge in [-0.25, -0.2) is 4.79 Å². The first-order valence-corrected chi connectivity index (χ1v) is 7.45. The first-order chi connectivity index (χ1) is 9.94. The van der Waals surface area contributed by atoms with E-state index in [1.807, 2.05) is 27.7 Å². The van der Waals surface area contributed by atoms with Gasteiger partial charge in [-0.2, -0.15) is 4.98 Å². The average Bonchev–Trinajstić information content (AvgIpc) is 2.82. The van der Waals surface area contributed by atoms with Crippen molar-refractivity contribution in [2.75, 3.05) is 0 Å². The van der Waals surface area contributed by atoms with Gasteiger partial charge in [0.15, 0.2) is 0 Å². The third-order valence-electron chi connectivity index (χ3n) is 2.87. The minimum Gasteiger partial charge on any atom is -0.444 e. The summed E-state index contributed by atoms with van der Waals surface area (Å²) in [4.78, 5) is 16.0. The largest absolute Gasteiger partial charge is 0.444 e. The van der Waals surface area contributed by atoms with E-state index in [2.05, 4.69) is 15.5 Å². The Bertz CT molecular complexity index is 500. The highest BCUT2D eigenvalue weighted by Gasteiger charge is 2.30. The zero-order valence-corrected chi connectivity index (χ0v) is 14.4. The lowest BCUT2D eigenvalue weighted by Gasteiger charge is -2.24. The maximum atomic E-state index is 11.8. The van der Waals surface area contributed by atoms with Crippen LogP contribution in [0, 0.1) is 0 Å². The summed E-state index contributed by atoms with van der Waals surface area (Å²) in [5.74, 6) is 0.599. The van der Waals surface area contributed by atoms with E-state index in [-0.39, 0.29) is 11.2 Å². The lowest BCUT2D eigenvalue weighted by molar-refractivity contribution is 0.0406. The van der Waals surface area contributed by atoms with Crippen molar-refractivity contribution >= 4 is 6.09 Å². The number of aliphatic hydroxyl groups is 1. The van der Waals surface area contributed by atoms with Crippen molar-refractivity contribution in [1.29, 1.82) is 0 Å². The first-order valence-electron chi connectivity index (χ1n) is 7.45. The molecule has 1 aromatic rings. The molecule has 0 radical (unpaired) electrons. The maximum Gasteiger partial charge on any atom is 0.407 e. The third kappa shape index (κ3) is 5.29. The monoisotopic (exact) mass is 313 g/mol. The highest BCUT2D eigenvalue weighted by Crippen LogP contribution is 2.23. The molecule has 0 spiro atoms. The molecule has 2 atom stereocenters. The van der Waals surface area contributed by atoms with Gasteiger partial charge in [0.2, 0.25) is 11.7 Å². The molecule has 0 bridgehead atoms. The zero-order valence-electron chi connectivity index (χ0n) is 14.4. The number of nitrogens with zero attached hydrogens (tertiary/aromatic N) is 2. The van der Waals surface area contributed by atoms with Crippen LogP contribution in [0.15, 0.2) is 4.52 Å². The van der Waals surface area contributed by atoms with Gasteiger partial charge < -0.3 is 19.7 Å². The summed E-state index contributed by atoms with van der Waals surface area (Å²) in [6, 6.07) is -0.555. The van der Waals surface area contributed by atoms with Crippen LogP contribution in [0.1, 0.15) is 72.7 Å². The van der Waals surface area contributed by atoms with E-state index in [9.17, 15) is 9.90 Å². The number of rotatable bonds is 4. The number of aliphatic hydroxyl groups excluding tert-OH is 1. The predicted octanol–water partition coefficient (Wildman–Crippen LogP) is 2.70. The molecule has 1 rings (SSSR count). The number of carbonyl (C=O) groups excluding carboxylic acids is 1. The number of alkyl carbamates (subject to hydrolysis) is 1. The molecule has 0 aliphatic heterocycles. The van der Waals surface area contributed by atoms with Crippen molar-refractivity contribution < 1.29 is 19.2 Å². The second kappa shape index (κ2) is 6.64. The number of hydrogen-bond donors (Lipinski definition) is 2. The summed E-state index contributed by atoms with van der Waals surface area (Å²) in [5, 5.41) is 16.8. The summed E-state index contributed by atoms with van der Waals surface area (Å²) >= 11 is 0. The molecule has 0 aromatic carbocycles. The van der Waals surface area contributed by atoms with Crippen molar-refractivity contribution in [3.05, 3.63) is 11.7 Å². The highest BCUT2D eigenvalue weighted by molar-refractivity contribution is 5.68. The van der Waals surface area contributed by atoms with Gasteiger partial charge in [0.05, 0.1) is 6.04 Å². The summed E-state index contributed by atoms with van der Waals surface area (Å²) in [5.41, 5.74) is -0.899. The molecule has 7 heteroatoms. The van der Waals surface area contributed by atoms with Crippen LogP contribution in [0.25, 0.3) is 0 Å². The Morgan fingerprint density at radius 1 is 1.32 bits per heavy atom. The molecule has 0 aliphatic rings. The van der Waals surface area contributed by atoms with Gasteiger partial charge >= 0.3 is 6.09 Å². The standard InChI is InChI=1S/C15H27N3O4/c1-8-9(16-13(20)21-15(5,6)7)10(19)11-17-12(22-18-11)14(2,3)4/h9-10,19H,8H2,1-7H3,(H,16,20)/t9-,10-/m0/s1. The van der Waals surface area contributed by atoms with Gasteiger partial charge in [0.1, 0.15) is 11.7 Å². The van der Waals surface area contributed by atoms with Crippen LogP contribution >= 0.6 is 0 Å². The Labute approximate surface area is 131 Å². The molecule has 1 heterocycles. The highest BCUT2D eigenvalue weighted by atomic mass is 16.6. The van der Waals surface area contributed by atoms with Gasteiger partial charge in [0, 0.05) is 5.41 Å². The topological polar surface area (TPSA) is 97.5 Å². The Balaban J connectivity index is 2.78. The van der Waals surface area contributed by atoms with E-state index in [0.717, 1.165) is 0 Å². The molecular weight excluding hydrogens is 286 g/mol. The molecule has 0 fully saturated rings. The SMILES string of the molecule is CC[C@H](NC(=O)OC(C)(C)C)[C@H](O)c1noc(C(C)(C)C)n1. The van der Waals surface area contributed by atoms with Crippen LogP contribution in [0.5, 0.6) is 0 Å². The van der Waals surface area contributed by atoms with Crippen molar-refractivity contribution in [1.82, 2.24) is 15.5 Å². The van der Waals surface area contributed by atoms with Crippen LogP contribution < -0.4 is 5.32 Å². The Hall–Kier alpha value is -1.63. The lowest BCUT2D eigenvalue weighted by Crippen LogP contribution is -2.42. The van der Waals surface area contributed by atoms with Gasteiger partial charge in [-0.15, -0.1) is 0 Å². The molecule has 1 amide bonds. The van der Waals surface area contributed by atoms with Gasteiger partial charge in [0.25, 0.3) is 0 Å². The molecule has 22 heavy (non-hydrogen) atoms. The normalized spacial score (nSPS) is 15.3. The van der Waals surface area contributed by atoms with E-state index in [1.54, 1.807) is 20.8 Å². The molecule has 0 saturated carbocycles. The summed E-state index contributed by atoms with van der Waals surface area (Å²) in [6.07, 6.45) is -1.14. The van der Waals surface area contributed by atoms with E-state index in [0.29, 0.717) is 12.3 Å². The fourth-order valence-electron chi connectivity index (χ4n) is 1.70. The number of amides is 1. The van der Waals surface area contributed by atoms with Gasteiger partial charge in [-0.1, -0.05) is 32.9 Å². The second-order valence-corrected chi connectivity index (χ2v) is 7.31. The van der Waals surface area contributed by atoms with Crippen LogP contribution in [-0.2, 0) is 10.2 Å². The molecule has 7 nitrogen and oxygen atoms in total. The fraction of sp³-hybridized carbons (Fsp3) is 0.800. The number of aromatic nitrogens is 2. The minimum atomic E-state index is -1.06. The Kier molecular flexibility index (Phi) is 5.56. The summed E-state index contributed by atoms with van der Waals surface area (Å²) in [7, 11) is 0. The summed E-state index contributed by atoms with van der Waals surface area (Å²) in [6.45, 7) is 13.0. The van der Waals surface area contributed by atoms with E-state index in [1.165, 1.54) is 0 Å². The van der Waals surface area contributed by atoms with Crippen molar-refractivity contribution in [2.24, 2.45) is 0 Å². The maximum absolute atomic E-state index is 11.8. The average molecular weight is 313 g/mol. The quantitative estimate of drug-likeness (QED) is 0.887. The Morgan fingerprint density at radius 2 is 1.91 bits per heavy atom. The fourth-order valence-corrected chi connectivity index (χ4v) is 1.70. The molecule has 0 saturated heterocycles. The van der Waals surface area contributed by atoms with Crippen LogP contribution in [0.3, 0.4) is 0 Å². The number of ether oxygens (including phenoxy) is 1. The number of hydrogen-bond acceptors (Lipinski definition) is 6. The van der Waals surface area contributed by atoms with Crippen molar-refractivity contribution in [3.8, 4) is 0 Å². The predicted molar refractivity (Wildman–Crippen MR) is 81.4 cm³/mol. The van der Waals surface area contributed by atoms with Crippen molar-refractivity contribution in [2.45, 2.75) is 78.0 Å². The third-order valence-corrected chi connectivity index (χ3v) is 2.87. The molecule has 1 aromatic heterocycles. The molecule has 2 N–H and O–H groups in total. The number of carbonyl (C=O) groups is 1. The van der Waals surface area contributed by atoms with Gasteiger partial charge in [-0.3, -0.25) is 0 Å². The van der Waals surface area contributed by atoms with Crippen LogP contribution in [-0.4, -0.2) is 33.0 Å². The minimum absolute atomic E-state index is 0.160. The van der Waals surface area contributed by atoms with Crippen molar-refractivity contribution in [3.63, 3.8) is 0 Å². The van der Waals surface area contributed by atoms with Crippen LogP contribution in [0.4, 0.5) is 4.79 Å². The van der Waals surface area contributed by atoms with E-state index >= 15 is 0 Å².